The lowest BCUT2D eigenvalue weighted by Gasteiger charge is -2.30. The Bertz CT molecular complexity index is 537. The minimum atomic E-state index is -0.877. The standard InChI is InChI=1S/C15H18F2N2O3/c1-22-15(21)19-7-5-10(6-8-19)9-18-14(20)13-11(16)3-2-4-12(13)17/h2-4,10H,5-9H2,1H3,(H,18,20). The molecular weight excluding hydrogens is 294 g/mol. The SMILES string of the molecule is COC(=O)N1CCC(CNC(=O)c2c(F)cccc2F)CC1. The zero-order chi connectivity index (χ0) is 16.1. The number of benzene rings is 1. The smallest absolute Gasteiger partial charge is 0.409 e. The van der Waals surface area contributed by atoms with Gasteiger partial charge in [0.25, 0.3) is 5.91 Å². The van der Waals surface area contributed by atoms with Crippen molar-refractivity contribution < 1.29 is 23.1 Å². The van der Waals surface area contributed by atoms with E-state index in [2.05, 4.69) is 10.1 Å². The van der Waals surface area contributed by atoms with Gasteiger partial charge >= 0.3 is 6.09 Å². The van der Waals surface area contributed by atoms with E-state index in [-0.39, 0.29) is 12.0 Å². The van der Waals surface area contributed by atoms with Gasteiger partial charge in [-0.2, -0.15) is 0 Å². The molecule has 0 atom stereocenters. The molecule has 1 aliphatic heterocycles. The molecule has 0 aliphatic carbocycles. The van der Waals surface area contributed by atoms with Crippen molar-refractivity contribution >= 4 is 12.0 Å². The molecule has 0 spiro atoms. The fourth-order valence-electron chi connectivity index (χ4n) is 2.49. The van der Waals surface area contributed by atoms with Crippen molar-refractivity contribution in [1.82, 2.24) is 10.2 Å². The van der Waals surface area contributed by atoms with Gasteiger partial charge in [-0.05, 0) is 30.9 Å². The summed E-state index contributed by atoms with van der Waals surface area (Å²) in [4.78, 5) is 24.8. The Morgan fingerprint density at radius 3 is 2.41 bits per heavy atom. The summed E-state index contributed by atoms with van der Waals surface area (Å²) in [6.45, 7) is 1.41. The largest absolute Gasteiger partial charge is 0.453 e. The second kappa shape index (κ2) is 7.20. The minimum absolute atomic E-state index is 0.166. The van der Waals surface area contributed by atoms with Crippen LogP contribution in [0, 0.1) is 17.6 Å². The normalized spacial score (nSPS) is 15.5. The van der Waals surface area contributed by atoms with Gasteiger partial charge < -0.3 is 15.0 Å². The molecular formula is C15H18F2N2O3. The van der Waals surface area contributed by atoms with E-state index in [9.17, 15) is 18.4 Å². The fraction of sp³-hybridized carbons (Fsp3) is 0.467. The molecule has 0 aromatic heterocycles. The van der Waals surface area contributed by atoms with Gasteiger partial charge in [0.2, 0.25) is 0 Å². The van der Waals surface area contributed by atoms with Crippen LogP contribution in [-0.2, 0) is 4.74 Å². The quantitative estimate of drug-likeness (QED) is 0.930. The van der Waals surface area contributed by atoms with Gasteiger partial charge in [0, 0.05) is 19.6 Å². The first-order chi connectivity index (χ1) is 10.5. The molecule has 1 aromatic rings. The number of methoxy groups -OCH3 is 1. The highest BCUT2D eigenvalue weighted by molar-refractivity contribution is 5.94. The number of hydrogen-bond donors (Lipinski definition) is 1. The van der Waals surface area contributed by atoms with Crippen LogP contribution in [0.5, 0.6) is 0 Å². The van der Waals surface area contributed by atoms with E-state index in [0.717, 1.165) is 12.1 Å². The number of rotatable bonds is 3. The highest BCUT2D eigenvalue weighted by Crippen LogP contribution is 2.18. The second-order valence-electron chi connectivity index (χ2n) is 5.21. The molecule has 2 rings (SSSR count). The molecule has 22 heavy (non-hydrogen) atoms. The van der Waals surface area contributed by atoms with Crippen molar-refractivity contribution in [3.8, 4) is 0 Å². The molecule has 1 aliphatic rings. The third-order valence-corrected chi connectivity index (χ3v) is 3.79. The van der Waals surface area contributed by atoms with Crippen LogP contribution in [0.1, 0.15) is 23.2 Å². The Morgan fingerprint density at radius 1 is 1.27 bits per heavy atom. The molecule has 7 heteroatoms. The Hall–Kier alpha value is -2.18. The van der Waals surface area contributed by atoms with Gasteiger partial charge in [-0.15, -0.1) is 0 Å². The van der Waals surface area contributed by atoms with Crippen molar-refractivity contribution in [2.75, 3.05) is 26.7 Å². The van der Waals surface area contributed by atoms with Crippen LogP contribution >= 0.6 is 0 Å². The van der Waals surface area contributed by atoms with E-state index in [0.29, 0.717) is 32.5 Å². The molecule has 1 aromatic carbocycles. The summed E-state index contributed by atoms with van der Waals surface area (Å²) in [5, 5.41) is 2.55. The van der Waals surface area contributed by atoms with Gasteiger partial charge in [0.1, 0.15) is 17.2 Å². The lowest BCUT2D eigenvalue weighted by molar-refractivity contribution is 0.0907. The molecule has 1 heterocycles. The molecule has 0 unspecified atom stereocenters. The van der Waals surface area contributed by atoms with Gasteiger partial charge in [0.05, 0.1) is 7.11 Å². The summed E-state index contributed by atoms with van der Waals surface area (Å²) in [7, 11) is 1.33. The Labute approximate surface area is 127 Å². The van der Waals surface area contributed by atoms with Gasteiger partial charge in [-0.1, -0.05) is 6.07 Å². The van der Waals surface area contributed by atoms with E-state index in [1.54, 1.807) is 4.90 Å². The predicted molar refractivity (Wildman–Crippen MR) is 75.4 cm³/mol. The second-order valence-corrected chi connectivity index (χ2v) is 5.21. The number of halogens is 2. The monoisotopic (exact) mass is 312 g/mol. The number of nitrogens with zero attached hydrogens (tertiary/aromatic N) is 1. The van der Waals surface area contributed by atoms with Gasteiger partial charge in [-0.25, -0.2) is 13.6 Å². The van der Waals surface area contributed by atoms with Crippen molar-refractivity contribution in [3.05, 3.63) is 35.4 Å². The molecule has 1 saturated heterocycles. The average molecular weight is 312 g/mol. The molecule has 120 valence electrons. The number of nitrogens with one attached hydrogen (secondary N) is 1. The Kier molecular flexibility index (Phi) is 5.30. The summed E-state index contributed by atoms with van der Waals surface area (Å²) in [6, 6.07) is 3.31. The van der Waals surface area contributed by atoms with Crippen LogP contribution in [0.25, 0.3) is 0 Å². The Morgan fingerprint density at radius 2 is 1.86 bits per heavy atom. The third kappa shape index (κ3) is 3.72. The number of ether oxygens (including phenoxy) is 1. The first-order valence-corrected chi connectivity index (χ1v) is 7.08. The van der Waals surface area contributed by atoms with Crippen LogP contribution in [0.2, 0.25) is 0 Å². The lowest BCUT2D eigenvalue weighted by Crippen LogP contribution is -2.41. The van der Waals surface area contributed by atoms with Crippen LogP contribution < -0.4 is 5.32 Å². The highest BCUT2D eigenvalue weighted by atomic mass is 19.1. The number of carbonyl (C=O) groups excluding carboxylic acids is 2. The van der Waals surface area contributed by atoms with Crippen molar-refractivity contribution in [1.29, 1.82) is 0 Å². The highest BCUT2D eigenvalue weighted by Gasteiger charge is 2.24. The Balaban J connectivity index is 1.84. The predicted octanol–water partition coefficient (Wildman–Crippen LogP) is 2.17. The average Bonchev–Trinajstić information content (AvgIpc) is 2.52. The van der Waals surface area contributed by atoms with E-state index < -0.39 is 23.1 Å². The number of carbonyl (C=O) groups is 2. The maximum Gasteiger partial charge on any atom is 0.409 e. The van der Waals surface area contributed by atoms with Crippen molar-refractivity contribution in [2.45, 2.75) is 12.8 Å². The van der Waals surface area contributed by atoms with Crippen LogP contribution in [-0.4, -0.2) is 43.6 Å². The molecule has 1 N–H and O–H groups in total. The number of hydrogen-bond acceptors (Lipinski definition) is 3. The van der Waals surface area contributed by atoms with Crippen molar-refractivity contribution in [2.24, 2.45) is 5.92 Å². The first kappa shape index (κ1) is 16.2. The molecule has 0 saturated carbocycles. The summed E-state index contributed by atoms with van der Waals surface area (Å²) in [6.07, 6.45) is 1.04. The van der Waals surface area contributed by atoms with E-state index in [4.69, 9.17) is 0 Å². The van der Waals surface area contributed by atoms with Crippen molar-refractivity contribution in [3.63, 3.8) is 0 Å². The van der Waals surface area contributed by atoms with Crippen LogP contribution in [0.4, 0.5) is 13.6 Å². The van der Waals surface area contributed by atoms with Gasteiger partial charge in [0.15, 0.2) is 0 Å². The number of amides is 2. The molecule has 1 fully saturated rings. The topological polar surface area (TPSA) is 58.6 Å². The first-order valence-electron chi connectivity index (χ1n) is 7.08. The molecule has 5 nitrogen and oxygen atoms in total. The maximum atomic E-state index is 13.5. The molecule has 0 bridgehead atoms. The van der Waals surface area contributed by atoms with E-state index in [1.807, 2.05) is 0 Å². The number of piperidine rings is 1. The fourth-order valence-corrected chi connectivity index (χ4v) is 2.49. The summed E-state index contributed by atoms with van der Waals surface area (Å²) in [5.74, 6) is -2.35. The van der Waals surface area contributed by atoms with Crippen LogP contribution in [0.15, 0.2) is 18.2 Å². The lowest BCUT2D eigenvalue weighted by atomic mass is 9.97. The third-order valence-electron chi connectivity index (χ3n) is 3.79. The molecule has 0 radical (unpaired) electrons. The zero-order valence-corrected chi connectivity index (χ0v) is 12.3. The maximum absolute atomic E-state index is 13.5. The summed E-state index contributed by atoms with van der Waals surface area (Å²) in [5.41, 5.74) is -0.561. The van der Waals surface area contributed by atoms with Crippen LogP contribution in [0.3, 0.4) is 0 Å². The summed E-state index contributed by atoms with van der Waals surface area (Å²) < 4.78 is 31.6. The molecule has 2 amide bonds. The van der Waals surface area contributed by atoms with E-state index >= 15 is 0 Å². The zero-order valence-electron chi connectivity index (χ0n) is 12.3. The minimum Gasteiger partial charge on any atom is -0.453 e. The summed E-state index contributed by atoms with van der Waals surface area (Å²) >= 11 is 0. The van der Waals surface area contributed by atoms with E-state index in [1.165, 1.54) is 13.2 Å². The number of likely N-dealkylation sites (tertiary alicyclic amines) is 1. The van der Waals surface area contributed by atoms with Gasteiger partial charge in [-0.3, -0.25) is 4.79 Å².